The molecule has 1 aliphatic carbocycles. The van der Waals surface area contributed by atoms with Gasteiger partial charge in [0.25, 0.3) is 5.91 Å². The molecule has 0 bridgehead atoms. The lowest BCUT2D eigenvalue weighted by Crippen LogP contribution is -2.55. The number of hydrogen-bond donors (Lipinski definition) is 0. The minimum absolute atomic E-state index is 0.179. The fraction of sp³-hybridized carbons (Fsp3) is 0.238. The topological polar surface area (TPSA) is 71.1 Å². The minimum Gasteiger partial charge on any atom is -0.303 e. The highest BCUT2D eigenvalue weighted by Crippen LogP contribution is 2.48. The van der Waals surface area contributed by atoms with Gasteiger partial charge in [-0.05, 0) is 74.3 Å². The molecule has 0 unspecified atom stereocenters. The van der Waals surface area contributed by atoms with Gasteiger partial charge in [0.1, 0.15) is 23.5 Å². The molecule has 2 aromatic rings. The Labute approximate surface area is 167 Å². The lowest BCUT2D eigenvalue weighted by atomic mass is 9.75. The molecule has 1 saturated heterocycles. The van der Waals surface area contributed by atoms with Gasteiger partial charge in [0, 0.05) is 5.69 Å². The van der Waals surface area contributed by atoms with Crippen molar-refractivity contribution in [3.05, 3.63) is 58.9 Å². The van der Waals surface area contributed by atoms with E-state index in [2.05, 4.69) is 0 Å². The number of hydrogen-bond acceptors (Lipinski definition) is 4. The second kappa shape index (κ2) is 6.40. The normalized spacial score (nSPS) is 17.4. The van der Waals surface area contributed by atoms with Gasteiger partial charge >= 0.3 is 0 Å². The van der Waals surface area contributed by atoms with Crippen molar-refractivity contribution in [2.75, 3.05) is 9.80 Å². The molecule has 1 spiro atoms. The third-order valence-electron chi connectivity index (χ3n) is 5.51. The molecule has 2 fully saturated rings. The average molecular weight is 390 g/mol. The summed E-state index contributed by atoms with van der Waals surface area (Å²) in [6, 6.07) is 13.4. The highest BCUT2D eigenvalue weighted by Gasteiger charge is 2.59. The standard InChI is InChI=1S/C21H15FN4OS/c1-13-3-5-17(10-18(13)22)26-20(28)25(19(27)21(26)7-2-8-21)16-6-4-14(11-23)15(9-16)12-24/h3-6,9-10H,2,7-8H2,1H3. The van der Waals surface area contributed by atoms with Crippen LogP contribution < -0.4 is 9.80 Å². The number of amides is 1. The summed E-state index contributed by atoms with van der Waals surface area (Å²) in [5.41, 5.74) is 1.09. The van der Waals surface area contributed by atoms with Crippen LogP contribution in [0.25, 0.3) is 0 Å². The van der Waals surface area contributed by atoms with Gasteiger partial charge in [-0.2, -0.15) is 10.5 Å². The monoisotopic (exact) mass is 390 g/mol. The Kier molecular flexibility index (Phi) is 4.14. The van der Waals surface area contributed by atoms with Crippen molar-refractivity contribution in [1.82, 2.24) is 0 Å². The van der Waals surface area contributed by atoms with Crippen molar-refractivity contribution in [2.45, 2.75) is 31.7 Å². The SMILES string of the molecule is Cc1ccc(N2C(=S)N(c3ccc(C#N)c(C#N)c3)C(=O)C23CCC3)cc1F. The smallest absolute Gasteiger partial charge is 0.259 e. The van der Waals surface area contributed by atoms with Crippen LogP contribution in [0.2, 0.25) is 0 Å². The van der Waals surface area contributed by atoms with Crippen molar-refractivity contribution in [3.8, 4) is 12.1 Å². The molecule has 2 aliphatic rings. The van der Waals surface area contributed by atoms with Gasteiger partial charge in [0.15, 0.2) is 5.11 Å². The van der Waals surface area contributed by atoms with E-state index in [9.17, 15) is 14.4 Å². The molecule has 138 valence electrons. The lowest BCUT2D eigenvalue weighted by molar-refractivity contribution is -0.123. The molecule has 1 amide bonds. The summed E-state index contributed by atoms with van der Waals surface area (Å²) in [4.78, 5) is 16.5. The number of nitrogens with zero attached hydrogens (tertiary/aromatic N) is 4. The van der Waals surface area contributed by atoms with Crippen molar-refractivity contribution < 1.29 is 9.18 Å². The van der Waals surface area contributed by atoms with E-state index in [1.54, 1.807) is 30.0 Å². The Morgan fingerprint density at radius 1 is 1.07 bits per heavy atom. The molecule has 5 nitrogen and oxygen atoms in total. The van der Waals surface area contributed by atoms with Crippen molar-refractivity contribution in [3.63, 3.8) is 0 Å². The molecule has 0 radical (unpaired) electrons. The maximum Gasteiger partial charge on any atom is 0.259 e. The number of halogens is 1. The van der Waals surface area contributed by atoms with Crippen LogP contribution in [0.4, 0.5) is 15.8 Å². The van der Waals surface area contributed by atoms with Gasteiger partial charge in [-0.3, -0.25) is 9.69 Å². The Morgan fingerprint density at radius 3 is 2.32 bits per heavy atom. The second-order valence-electron chi connectivity index (χ2n) is 7.03. The van der Waals surface area contributed by atoms with Gasteiger partial charge in [0.05, 0.1) is 16.8 Å². The molecule has 1 heterocycles. The van der Waals surface area contributed by atoms with Crippen LogP contribution in [-0.4, -0.2) is 16.6 Å². The molecule has 1 saturated carbocycles. The Morgan fingerprint density at radius 2 is 1.75 bits per heavy atom. The lowest BCUT2D eigenvalue weighted by Gasteiger charge is -2.43. The summed E-state index contributed by atoms with van der Waals surface area (Å²) in [7, 11) is 0. The minimum atomic E-state index is -0.820. The zero-order valence-corrected chi connectivity index (χ0v) is 15.9. The summed E-state index contributed by atoms with van der Waals surface area (Å²) in [6.07, 6.45) is 2.13. The van der Waals surface area contributed by atoms with Crippen LogP contribution >= 0.6 is 12.2 Å². The van der Waals surface area contributed by atoms with Gasteiger partial charge in [0.2, 0.25) is 0 Å². The van der Waals surface area contributed by atoms with Crippen molar-refractivity contribution in [2.24, 2.45) is 0 Å². The second-order valence-corrected chi connectivity index (χ2v) is 7.40. The molecule has 4 rings (SSSR count). The van der Waals surface area contributed by atoms with E-state index in [0.29, 0.717) is 29.8 Å². The Balaban J connectivity index is 1.82. The quantitative estimate of drug-likeness (QED) is 0.727. The van der Waals surface area contributed by atoms with E-state index in [1.165, 1.54) is 23.1 Å². The Bertz CT molecular complexity index is 1110. The van der Waals surface area contributed by atoms with Gasteiger partial charge in [-0.1, -0.05) is 6.07 Å². The third kappa shape index (κ3) is 2.41. The maximum absolute atomic E-state index is 14.2. The molecule has 0 N–H and O–H groups in total. The number of carbonyl (C=O) groups excluding carboxylic acids is 1. The fourth-order valence-corrected chi connectivity index (χ4v) is 4.26. The van der Waals surface area contributed by atoms with Crippen molar-refractivity contribution >= 4 is 34.6 Å². The van der Waals surface area contributed by atoms with Gasteiger partial charge in [-0.25, -0.2) is 4.39 Å². The number of thiocarbonyl (C=S) groups is 1. The predicted molar refractivity (Wildman–Crippen MR) is 106 cm³/mol. The highest BCUT2D eigenvalue weighted by molar-refractivity contribution is 7.81. The first-order valence-electron chi connectivity index (χ1n) is 8.82. The molecular formula is C21H15FN4OS. The number of anilines is 2. The summed E-state index contributed by atoms with van der Waals surface area (Å²) in [6.45, 7) is 1.68. The average Bonchev–Trinajstić information content (AvgIpc) is 2.90. The number of nitriles is 2. The van der Waals surface area contributed by atoms with Crippen LogP contribution in [0, 0.1) is 35.4 Å². The summed E-state index contributed by atoms with van der Waals surface area (Å²) in [5.74, 6) is -0.538. The van der Waals surface area contributed by atoms with Crippen LogP contribution in [0.1, 0.15) is 36.0 Å². The number of rotatable bonds is 2. The predicted octanol–water partition coefficient (Wildman–Crippen LogP) is 3.94. The van der Waals surface area contributed by atoms with Gasteiger partial charge < -0.3 is 4.90 Å². The van der Waals surface area contributed by atoms with Crippen LogP contribution in [0.3, 0.4) is 0 Å². The summed E-state index contributed by atoms with van der Waals surface area (Å²) in [5, 5.41) is 18.7. The molecule has 0 atom stereocenters. The zero-order valence-electron chi connectivity index (χ0n) is 15.1. The van der Waals surface area contributed by atoms with E-state index < -0.39 is 5.54 Å². The number of benzene rings is 2. The molecule has 28 heavy (non-hydrogen) atoms. The number of aryl methyl sites for hydroxylation is 1. The van der Waals surface area contributed by atoms with E-state index >= 15 is 0 Å². The Hall–Kier alpha value is -3.29. The molecule has 7 heteroatoms. The van der Waals surface area contributed by atoms with Crippen molar-refractivity contribution in [1.29, 1.82) is 10.5 Å². The van der Waals surface area contributed by atoms with Crippen LogP contribution in [0.15, 0.2) is 36.4 Å². The van der Waals surface area contributed by atoms with Crippen LogP contribution in [0.5, 0.6) is 0 Å². The van der Waals surface area contributed by atoms with E-state index in [1.807, 2.05) is 12.1 Å². The van der Waals surface area contributed by atoms with Gasteiger partial charge in [-0.15, -0.1) is 0 Å². The summed E-state index contributed by atoms with van der Waals surface area (Å²) < 4.78 is 14.2. The number of carbonyl (C=O) groups is 1. The molecular weight excluding hydrogens is 375 g/mol. The van der Waals surface area contributed by atoms with E-state index in [0.717, 1.165) is 6.42 Å². The fourth-order valence-electron chi connectivity index (χ4n) is 3.79. The zero-order chi connectivity index (χ0) is 20.1. The largest absolute Gasteiger partial charge is 0.303 e. The maximum atomic E-state index is 14.2. The first-order valence-corrected chi connectivity index (χ1v) is 9.23. The molecule has 1 aliphatic heterocycles. The first-order chi connectivity index (χ1) is 13.4. The molecule has 2 aromatic carbocycles. The van der Waals surface area contributed by atoms with Crippen LogP contribution in [-0.2, 0) is 4.79 Å². The highest BCUT2D eigenvalue weighted by atomic mass is 32.1. The first kappa shape index (κ1) is 18.1. The third-order valence-corrected chi connectivity index (χ3v) is 5.87. The summed E-state index contributed by atoms with van der Waals surface area (Å²) >= 11 is 5.63. The van der Waals surface area contributed by atoms with E-state index in [-0.39, 0.29) is 28.0 Å². The molecule has 0 aromatic heterocycles. The van der Waals surface area contributed by atoms with E-state index in [4.69, 9.17) is 17.5 Å².